The largest absolute Gasteiger partial charge is 0.444 e. The molecule has 1 heterocycles. The molecule has 1 saturated heterocycles. The van der Waals surface area contributed by atoms with E-state index in [4.69, 9.17) is 4.74 Å². The van der Waals surface area contributed by atoms with Crippen LogP contribution in [0.1, 0.15) is 36.7 Å². The highest BCUT2D eigenvalue weighted by molar-refractivity contribution is 9.10. The number of likely N-dealkylation sites (tertiary alicyclic amines) is 1. The Bertz CT molecular complexity index is 627. The fourth-order valence-corrected chi connectivity index (χ4v) is 3.40. The molecule has 0 unspecified atom stereocenters. The number of ketones is 1. The molecule has 1 spiro atoms. The van der Waals surface area contributed by atoms with E-state index in [1.807, 2.05) is 39.0 Å². The van der Waals surface area contributed by atoms with Crippen LogP contribution < -0.4 is 0 Å². The average molecular weight is 352 g/mol. The van der Waals surface area contributed by atoms with Gasteiger partial charge in [0.1, 0.15) is 5.60 Å². The predicted octanol–water partition coefficient (Wildman–Crippen LogP) is 3.43. The number of carbonyl (C=O) groups excluding carboxylic acids is 2. The number of nitrogens with zero attached hydrogens (tertiary/aromatic N) is 1. The second-order valence-corrected chi connectivity index (χ2v) is 7.84. The molecule has 0 radical (unpaired) electrons. The zero-order valence-electron chi connectivity index (χ0n) is 12.4. The standard InChI is InChI=1S/C16H18BrNO3/c1-15(2,3)21-14(20)18-8-16(9-18)7-10-4-5-11(17)6-12(10)13(16)19/h4-6H,7-9H2,1-3H3. The summed E-state index contributed by atoms with van der Waals surface area (Å²) in [4.78, 5) is 26.2. The highest BCUT2D eigenvalue weighted by Crippen LogP contribution is 2.44. The number of rotatable bonds is 0. The van der Waals surface area contributed by atoms with E-state index in [9.17, 15) is 9.59 Å². The van der Waals surface area contributed by atoms with Gasteiger partial charge in [0.2, 0.25) is 0 Å². The lowest BCUT2D eigenvalue weighted by atomic mass is 9.76. The molecule has 5 heteroatoms. The monoisotopic (exact) mass is 351 g/mol. The minimum Gasteiger partial charge on any atom is -0.444 e. The van der Waals surface area contributed by atoms with Crippen molar-refractivity contribution in [3.8, 4) is 0 Å². The van der Waals surface area contributed by atoms with Gasteiger partial charge in [0.05, 0.1) is 5.41 Å². The summed E-state index contributed by atoms with van der Waals surface area (Å²) in [6, 6.07) is 5.82. The third-order valence-electron chi connectivity index (χ3n) is 3.97. The average Bonchev–Trinajstić information content (AvgIpc) is 2.59. The van der Waals surface area contributed by atoms with Crippen molar-refractivity contribution in [2.45, 2.75) is 32.8 Å². The summed E-state index contributed by atoms with van der Waals surface area (Å²) in [6.07, 6.45) is 0.381. The van der Waals surface area contributed by atoms with E-state index in [2.05, 4.69) is 15.9 Å². The molecule has 1 aliphatic heterocycles. The summed E-state index contributed by atoms with van der Waals surface area (Å²) in [5.41, 5.74) is 0.924. The number of fused-ring (bicyclic) bond motifs is 1. The van der Waals surface area contributed by atoms with Crippen molar-refractivity contribution in [2.75, 3.05) is 13.1 Å². The first-order valence-electron chi connectivity index (χ1n) is 7.01. The molecule has 2 aliphatic rings. The minimum absolute atomic E-state index is 0.151. The topological polar surface area (TPSA) is 46.6 Å². The van der Waals surface area contributed by atoms with Crippen molar-refractivity contribution < 1.29 is 14.3 Å². The van der Waals surface area contributed by atoms with E-state index in [1.54, 1.807) is 4.90 Å². The Labute approximate surface area is 132 Å². The first-order chi connectivity index (χ1) is 9.70. The van der Waals surface area contributed by atoms with Crippen LogP contribution in [0.15, 0.2) is 22.7 Å². The van der Waals surface area contributed by atoms with Gasteiger partial charge in [0.25, 0.3) is 0 Å². The van der Waals surface area contributed by atoms with Crippen molar-refractivity contribution in [2.24, 2.45) is 5.41 Å². The van der Waals surface area contributed by atoms with Crippen molar-refractivity contribution in [1.82, 2.24) is 4.90 Å². The number of Topliss-reactive ketones (excluding diaryl/α,β-unsaturated/α-hetero) is 1. The van der Waals surface area contributed by atoms with Gasteiger partial charge >= 0.3 is 6.09 Å². The summed E-state index contributed by atoms with van der Waals surface area (Å²) in [7, 11) is 0. The van der Waals surface area contributed by atoms with Crippen LogP contribution in [0.3, 0.4) is 0 Å². The van der Waals surface area contributed by atoms with Gasteiger partial charge in [-0.05, 0) is 44.9 Å². The van der Waals surface area contributed by atoms with Crippen molar-refractivity contribution >= 4 is 27.8 Å². The van der Waals surface area contributed by atoms with Crippen LogP contribution in [0.5, 0.6) is 0 Å². The Balaban J connectivity index is 1.72. The van der Waals surface area contributed by atoms with E-state index >= 15 is 0 Å². The second-order valence-electron chi connectivity index (χ2n) is 6.92. The Morgan fingerprint density at radius 3 is 2.62 bits per heavy atom. The molecule has 1 fully saturated rings. The Morgan fingerprint density at radius 1 is 1.33 bits per heavy atom. The maximum atomic E-state index is 12.6. The lowest BCUT2D eigenvalue weighted by molar-refractivity contribution is -0.0225. The number of hydrogen-bond donors (Lipinski definition) is 0. The van der Waals surface area contributed by atoms with Crippen LogP contribution in [-0.2, 0) is 11.2 Å². The predicted molar refractivity (Wildman–Crippen MR) is 82.4 cm³/mol. The molecule has 0 aromatic heterocycles. The maximum Gasteiger partial charge on any atom is 0.410 e. The van der Waals surface area contributed by atoms with Gasteiger partial charge in [0, 0.05) is 23.1 Å². The first kappa shape index (κ1) is 14.6. The Morgan fingerprint density at radius 2 is 2.00 bits per heavy atom. The molecule has 0 saturated carbocycles. The van der Waals surface area contributed by atoms with E-state index < -0.39 is 11.0 Å². The van der Waals surface area contributed by atoms with Crippen molar-refractivity contribution in [3.63, 3.8) is 0 Å². The van der Waals surface area contributed by atoms with E-state index in [0.29, 0.717) is 19.5 Å². The first-order valence-corrected chi connectivity index (χ1v) is 7.81. The zero-order chi connectivity index (χ0) is 15.4. The SMILES string of the molecule is CC(C)(C)OC(=O)N1CC2(Cc3ccc(Br)cc3C2=O)C1. The molecule has 1 aromatic carbocycles. The summed E-state index contributed by atoms with van der Waals surface area (Å²) in [5, 5.41) is 0. The third kappa shape index (κ3) is 2.48. The summed E-state index contributed by atoms with van der Waals surface area (Å²) in [6.45, 7) is 6.43. The van der Waals surface area contributed by atoms with Gasteiger partial charge in [-0.3, -0.25) is 4.79 Å². The normalized spacial score (nSPS) is 19.4. The maximum absolute atomic E-state index is 12.6. The van der Waals surface area contributed by atoms with E-state index in [0.717, 1.165) is 15.6 Å². The quantitative estimate of drug-likeness (QED) is 0.719. The van der Waals surface area contributed by atoms with Gasteiger partial charge < -0.3 is 9.64 Å². The summed E-state index contributed by atoms with van der Waals surface area (Å²) in [5.74, 6) is 0.151. The number of carbonyl (C=O) groups is 2. The van der Waals surface area contributed by atoms with E-state index in [-0.39, 0.29) is 11.9 Å². The highest BCUT2D eigenvalue weighted by atomic mass is 79.9. The number of hydrogen-bond acceptors (Lipinski definition) is 3. The van der Waals surface area contributed by atoms with Gasteiger partial charge in [-0.25, -0.2) is 4.79 Å². The molecule has 1 amide bonds. The highest BCUT2D eigenvalue weighted by Gasteiger charge is 2.55. The summed E-state index contributed by atoms with van der Waals surface area (Å²) < 4.78 is 6.26. The molecule has 112 valence electrons. The van der Waals surface area contributed by atoms with E-state index in [1.165, 1.54) is 0 Å². The summed E-state index contributed by atoms with van der Waals surface area (Å²) >= 11 is 3.40. The van der Waals surface area contributed by atoms with Crippen LogP contribution in [0, 0.1) is 5.41 Å². The van der Waals surface area contributed by atoms with Crippen LogP contribution in [-0.4, -0.2) is 35.5 Å². The minimum atomic E-state index is -0.507. The van der Waals surface area contributed by atoms with Crippen LogP contribution in [0.25, 0.3) is 0 Å². The number of halogens is 1. The third-order valence-corrected chi connectivity index (χ3v) is 4.46. The molecule has 4 nitrogen and oxygen atoms in total. The molecule has 0 N–H and O–H groups in total. The van der Waals surface area contributed by atoms with Gasteiger partial charge in [-0.1, -0.05) is 22.0 Å². The number of benzene rings is 1. The fraction of sp³-hybridized carbons (Fsp3) is 0.500. The van der Waals surface area contributed by atoms with Gasteiger partial charge in [-0.15, -0.1) is 0 Å². The van der Waals surface area contributed by atoms with Crippen LogP contribution >= 0.6 is 15.9 Å². The number of ether oxygens (including phenoxy) is 1. The smallest absolute Gasteiger partial charge is 0.410 e. The zero-order valence-corrected chi connectivity index (χ0v) is 14.0. The van der Waals surface area contributed by atoms with Crippen molar-refractivity contribution in [3.05, 3.63) is 33.8 Å². The lowest BCUT2D eigenvalue weighted by Gasteiger charge is -2.46. The van der Waals surface area contributed by atoms with Gasteiger partial charge in [0.15, 0.2) is 5.78 Å². The Kier molecular flexibility index (Phi) is 3.17. The van der Waals surface area contributed by atoms with Crippen LogP contribution in [0.4, 0.5) is 4.79 Å². The lowest BCUT2D eigenvalue weighted by Crippen LogP contribution is -2.62. The van der Waals surface area contributed by atoms with Gasteiger partial charge in [-0.2, -0.15) is 0 Å². The molecule has 1 aliphatic carbocycles. The number of amides is 1. The second kappa shape index (κ2) is 4.57. The molecular formula is C16H18BrNO3. The molecule has 3 rings (SSSR count). The van der Waals surface area contributed by atoms with Crippen molar-refractivity contribution in [1.29, 1.82) is 0 Å². The molecule has 0 bridgehead atoms. The molecule has 0 atom stereocenters. The molecular weight excluding hydrogens is 334 g/mol. The fourth-order valence-electron chi connectivity index (χ4n) is 3.04. The molecule has 21 heavy (non-hydrogen) atoms. The Hall–Kier alpha value is -1.36. The van der Waals surface area contributed by atoms with Crippen LogP contribution in [0.2, 0.25) is 0 Å². The molecule has 1 aromatic rings.